The number of hydrogen-bond donors (Lipinski definition) is 7. The average Bonchev–Trinajstić information content (AvgIpc) is 3.75. The van der Waals surface area contributed by atoms with Crippen molar-refractivity contribution in [3.05, 3.63) is 138 Å². The number of anilines is 7. The first-order valence-electron chi connectivity index (χ1n) is 19.3. The molecular weight excluding hydrogens is 781 g/mol. The minimum atomic E-state index is -0.332. The smallest absolute Gasteiger partial charge is 0.274 e. The van der Waals surface area contributed by atoms with Gasteiger partial charge >= 0.3 is 0 Å². The Kier molecular flexibility index (Phi) is 14.2. The van der Waals surface area contributed by atoms with Crippen LogP contribution in [0.25, 0.3) is 0 Å². The normalized spacial score (nSPS) is 12.4. The van der Waals surface area contributed by atoms with Gasteiger partial charge in [-0.2, -0.15) is 4.98 Å². The van der Waals surface area contributed by atoms with E-state index in [4.69, 9.17) is 5.73 Å². The molecule has 59 heavy (non-hydrogen) atoms. The van der Waals surface area contributed by atoms with Crippen LogP contribution in [-0.2, 0) is 17.8 Å². The molecule has 0 atom stereocenters. The Hall–Kier alpha value is -6.20. The predicted molar refractivity (Wildman–Crippen MR) is 238 cm³/mol. The Morgan fingerprint density at radius 1 is 0.746 bits per heavy atom. The van der Waals surface area contributed by atoms with Crippen molar-refractivity contribution >= 4 is 76.2 Å². The van der Waals surface area contributed by atoms with E-state index in [1.54, 1.807) is 24.2 Å². The van der Waals surface area contributed by atoms with Crippen molar-refractivity contribution in [2.45, 2.75) is 42.5 Å². The van der Waals surface area contributed by atoms with E-state index in [2.05, 4.69) is 67.7 Å². The van der Waals surface area contributed by atoms with Gasteiger partial charge in [0.15, 0.2) is 0 Å². The van der Waals surface area contributed by atoms with Crippen LogP contribution in [0, 0.1) is 6.92 Å². The zero-order valence-corrected chi connectivity index (χ0v) is 34.2. The summed E-state index contributed by atoms with van der Waals surface area (Å²) in [5.74, 6) is 1.10. The van der Waals surface area contributed by atoms with E-state index in [1.165, 1.54) is 29.7 Å². The second-order valence-corrected chi connectivity index (χ2v) is 15.8. The van der Waals surface area contributed by atoms with Gasteiger partial charge in [0.1, 0.15) is 11.5 Å². The van der Waals surface area contributed by atoms with Crippen LogP contribution in [0.5, 0.6) is 0 Å². The van der Waals surface area contributed by atoms with E-state index in [9.17, 15) is 9.59 Å². The number of nitrogens with two attached hydrogens (primary N) is 1. The van der Waals surface area contributed by atoms with Crippen molar-refractivity contribution in [1.29, 1.82) is 0 Å². The molecule has 1 aliphatic rings. The number of amides is 2. The highest BCUT2D eigenvalue weighted by Gasteiger charge is 2.14. The Labute approximate surface area is 352 Å². The lowest BCUT2D eigenvalue weighted by Gasteiger charge is -2.14. The van der Waals surface area contributed by atoms with Crippen molar-refractivity contribution in [3.63, 3.8) is 0 Å². The van der Waals surface area contributed by atoms with Crippen LogP contribution >= 0.6 is 23.9 Å². The molecule has 1 saturated heterocycles. The third kappa shape index (κ3) is 12.6. The zero-order valence-electron chi connectivity index (χ0n) is 32.6. The van der Waals surface area contributed by atoms with Gasteiger partial charge in [0.2, 0.25) is 17.8 Å². The standard InChI is InChI=1S/C43H46N12O2S2/c1-29-23-38(52-42(48-29)46-20-18-44)41(57)50-32-13-15-36(16-14-32)58-54-35-11-4-7-30(24-35)26-40(56)47-28-31-8-5-9-33(25-31)49-39-17-19-45-43(53-39)51-34-10-6-12-37(27-34)59-55-21-2-3-22-55/h4-17,19,23-25,27,54H,2-3,18,20-22,26,28,44H2,1H3,(H,47,56)(H,50,57)(H,46,48,52)(H2,45,49,51,53). The van der Waals surface area contributed by atoms with Gasteiger partial charge in [0.05, 0.1) is 6.42 Å². The predicted octanol–water partition coefficient (Wildman–Crippen LogP) is 7.77. The topological polar surface area (TPSA) is 187 Å². The zero-order chi connectivity index (χ0) is 40.8. The van der Waals surface area contributed by atoms with Crippen LogP contribution < -0.4 is 37.0 Å². The summed E-state index contributed by atoms with van der Waals surface area (Å²) < 4.78 is 5.74. The van der Waals surface area contributed by atoms with Gasteiger partial charge in [0, 0.05) is 77.2 Å². The number of nitrogens with zero attached hydrogens (tertiary/aromatic N) is 5. The molecule has 0 unspecified atom stereocenters. The van der Waals surface area contributed by atoms with Crippen LogP contribution in [0.15, 0.2) is 125 Å². The molecule has 3 heterocycles. The Morgan fingerprint density at radius 3 is 2.31 bits per heavy atom. The number of aromatic nitrogens is 4. The van der Waals surface area contributed by atoms with Crippen molar-refractivity contribution < 1.29 is 9.59 Å². The molecule has 0 radical (unpaired) electrons. The molecule has 4 aromatic carbocycles. The summed E-state index contributed by atoms with van der Waals surface area (Å²) in [5.41, 5.74) is 11.6. The highest BCUT2D eigenvalue weighted by Crippen LogP contribution is 2.29. The van der Waals surface area contributed by atoms with E-state index < -0.39 is 0 Å². The molecule has 1 aliphatic heterocycles. The van der Waals surface area contributed by atoms with Crippen LogP contribution in [0.1, 0.15) is 40.2 Å². The molecular formula is C43H46N12O2S2. The number of rotatable bonds is 18. The summed E-state index contributed by atoms with van der Waals surface area (Å²) in [6.07, 6.45) is 4.45. The van der Waals surface area contributed by atoms with E-state index in [0.717, 1.165) is 46.2 Å². The van der Waals surface area contributed by atoms with Crippen molar-refractivity contribution in [2.24, 2.45) is 5.73 Å². The monoisotopic (exact) mass is 826 g/mol. The van der Waals surface area contributed by atoms with Gasteiger partial charge in [-0.3, -0.25) is 9.59 Å². The third-order valence-electron chi connectivity index (χ3n) is 8.94. The molecule has 8 N–H and O–H groups in total. The van der Waals surface area contributed by atoms with Crippen LogP contribution in [-0.4, -0.2) is 62.2 Å². The SMILES string of the molecule is Cc1cc(C(=O)Nc2ccc(SNc3cccc(CC(=O)NCc4cccc(Nc5ccnc(Nc6cccc(SN7CCCC7)c6)n5)c4)c3)cc2)nc(NCCN)n1. The summed E-state index contributed by atoms with van der Waals surface area (Å²) in [7, 11) is 0. The molecule has 16 heteroatoms. The van der Waals surface area contributed by atoms with E-state index >= 15 is 0 Å². The highest BCUT2D eigenvalue weighted by molar-refractivity contribution is 8.00. The van der Waals surface area contributed by atoms with Gasteiger partial charge in [0.25, 0.3) is 5.91 Å². The van der Waals surface area contributed by atoms with Crippen LogP contribution in [0.2, 0.25) is 0 Å². The van der Waals surface area contributed by atoms with Gasteiger partial charge in [-0.05, 0) is 134 Å². The molecule has 7 rings (SSSR count). The third-order valence-corrected chi connectivity index (χ3v) is 10.9. The lowest BCUT2D eigenvalue weighted by molar-refractivity contribution is -0.120. The average molecular weight is 827 g/mol. The molecule has 0 bridgehead atoms. The molecule has 302 valence electrons. The fraction of sp³-hybridized carbons (Fsp3) is 0.209. The number of nitrogens with one attached hydrogen (secondary N) is 6. The summed E-state index contributed by atoms with van der Waals surface area (Å²) in [4.78, 5) is 45.7. The second-order valence-electron chi connectivity index (χ2n) is 13.7. The number of benzene rings is 4. The number of hydrogen-bond acceptors (Lipinski definition) is 14. The molecule has 14 nitrogen and oxygen atoms in total. The molecule has 2 aromatic heterocycles. The second kappa shape index (κ2) is 20.5. The maximum absolute atomic E-state index is 13.0. The summed E-state index contributed by atoms with van der Waals surface area (Å²) >= 11 is 3.22. The maximum Gasteiger partial charge on any atom is 0.274 e. The quantitative estimate of drug-likeness (QED) is 0.0417. The fourth-order valence-electron chi connectivity index (χ4n) is 6.14. The summed E-state index contributed by atoms with van der Waals surface area (Å²) in [6, 6.07) is 34.9. The first-order valence-corrected chi connectivity index (χ1v) is 20.9. The first-order chi connectivity index (χ1) is 28.8. The molecule has 1 fully saturated rings. The fourth-order valence-corrected chi connectivity index (χ4v) is 7.84. The van der Waals surface area contributed by atoms with Crippen LogP contribution in [0.4, 0.5) is 40.5 Å². The van der Waals surface area contributed by atoms with Gasteiger partial charge in [-0.25, -0.2) is 19.3 Å². The van der Waals surface area contributed by atoms with Gasteiger partial charge in [-0.15, -0.1) is 0 Å². The molecule has 6 aromatic rings. The minimum absolute atomic E-state index is 0.0830. The Bertz CT molecular complexity index is 2360. The molecule has 0 spiro atoms. The maximum atomic E-state index is 13.0. The Morgan fingerprint density at radius 2 is 1.49 bits per heavy atom. The number of carbonyl (C=O) groups excluding carboxylic acids is 2. The van der Waals surface area contributed by atoms with Gasteiger partial charge in [-0.1, -0.05) is 30.3 Å². The van der Waals surface area contributed by atoms with E-state index in [0.29, 0.717) is 48.7 Å². The Balaban J connectivity index is 0.858. The summed E-state index contributed by atoms with van der Waals surface area (Å²) in [6.45, 7) is 5.36. The van der Waals surface area contributed by atoms with Crippen molar-refractivity contribution in [3.8, 4) is 0 Å². The lowest BCUT2D eigenvalue weighted by Crippen LogP contribution is -2.24. The highest BCUT2D eigenvalue weighted by atomic mass is 32.2. The van der Waals surface area contributed by atoms with E-state index in [-0.39, 0.29) is 23.9 Å². The number of carbonyl (C=O) groups is 2. The van der Waals surface area contributed by atoms with E-state index in [1.807, 2.05) is 97.9 Å². The molecule has 2 amide bonds. The van der Waals surface area contributed by atoms with Crippen LogP contribution in [0.3, 0.4) is 0 Å². The summed E-state index contributed by atoms with van der Waals surface area (Å²) in [5, 5.41) is 15.6. The number of aryl methyl sites for hydroxylation is 1. The first kappa shape index (κ1) is 41.0. The lowest BCUT2D eigenvalue weighted by atomic mass is 10.1. The molecule has 0 saturated carbocycles. The van der Waals surface area contributed by atoms with Crippen molar-refractivity contribution in [2.75, 3.05) is 52.2 Å². The van der Waals surface area contributed by atoms with Crippen molar-refractivity contribution in [1.82, 2.24) is 29.6 Å². The molecule has 0 aliphatic carbocycles. The van der Waals surface area contributed by atoms with Gasteiger partial charge < -0.3 is 37.0 Å². The largest absolute Gasteiger partial charge is 0.353 e. The minimum Gasteiger partial charge on any atom is -0.353 e.